The molecule has 2 heterocycles. The molecule has 0 bridgehead atoms. The molecule has 0 N–H and O–H groups in total. The van der Waals surface area contributed by atoms with Crippen molar-refractivity contribution in [3.05, 3.63) is 83.8 Å². The molecule has 0 spiro atoms. The average Bonchev–Trinajstić information content (AvgIpc) is 3.02. The third kappa shape index (κ3) is 2.99. The molecule has 0 fully saturated rings. The van der Waals surface area contributed by atoms with E-state index in [9.17, 15) is 4.39 Å². The highest BCUT2D eigenvalue weighted by molar-refractivity contribution is 5.75. The Labute approximate surface area is 150 Å². The molecule has 0 aliphatic heterocycles. The fraction of sp³-hybridized carbons (Fsp3) is 0.0952. The maximum atomic E-state index is 13.1. The summed E-state index contributed by atoms with van der Waals surface area (Å²) in [6, 6.07) is 17.9. The van der Waals surface area contributed by atoms with Crippen molar-refractivity contribution in [1.29, 1.82) is 0 Å². The van der Waals surface area contributed by atoms with Gasteiger partial charge < -0.3 is 0 Å². The van der Waals surface area contributed by atoms with E-state index in [1.54, 1.807) is 12.1 Å². The van der Waals surface area contributed by atoms with Crippen LogP contribution in [0, 0.1) is 19.7 Å². The number of aryl methyl sites for hydroxylation is 2. The summed E-state index contributed by atoms with van der Waals surface area (Å²) in [6.45, 7) is 4.16. The van der Waals surface area contributed by atoms with Crippen molar-refractivity contribution in [2.24, 2.45) is 10.2 Å². The minimum absolute atomic E-state index is 0.297. The van der Waals surface area contributed by atoms with E-state index in [2.05, 4.69) is 36.2 Å². The monoisotopic (exact) mass is 344 g/mol. The molecule has 0 atom stereocenters. The van der Waals surface area contributed by atoms with Crippen molar-refractivity contribution in [2.75, 3.05) is 0 Å². The van der Waals surface area contributed by atoms with Crippen LogP contribution in [0.5, 0.6) is 0 Å². The van der Waals surface area contributed by atoms with Crippen LogP contribution in [0.15, 0.2) is 77.1 Å². The van der Waals surface area contributed by atoms with Crippen LogP contribution in [-0.2, 0) is 0 Å². The highest BCUT2D eigenvalue weighted by Crippen LogP contribution is 2.33. The molecule has 2 aromatic carbocycles. The smallest absolute Gasteiger partial charge is 0.187 e. The van der Waals surface area contributed by atoms with Crippen LogP contribution in [0.3, 0.4) is 0 Å². The first-order chi connectivity index (χ1) is 12.6. The van der Waals surface area contributed by atoms with E-state index in [4.69, 9.17) is 4.98 Å². The highest BCUT2D eigenvalue weighted by atomic mass is 19.1. The molecule has 2 aromatic heterocycles. The number of aromatic nitrogens is 2. The van der Waals surface area contributed by atoms with Crippen LogP contribution in [0.25, 0.3) is 16.9 Å². The highest BCUT2D eigenvalue weighted by Gasteiger charge is 2.14. The minimum atomic E-state index is -0.297. The second-order valence-corrected chi connectivity index (χ2v) is 6.19. The number of halogens is 1. The lowest BCUT2D eigenvalue weighted by Crippen LogP contribution is -1.84. The quantitative estimate of drug-likeness (QED) is 0.410. The molecule has 0 saturated heterocycles. The molecule has 128 valence electrons. The number of fused-ring (bicyclic) bond motifs is 1. The van der Waals surface area contributed by atoms with Crippen LogP contribution in [0.1, 0.15) is 11.1 Å². The maximum Gasteiger partial charge on any atom is 0.187 e. The maximum absolute atomic E-state index is 13.1. The minimum Gasteiger partial charge on any atom is -0.283 e. The van der Waals surface area contributed by atoms with Gasteiger partial charge in [-0.25, -0.2) is 9.37 Å². The number of rotatable bonds is 3. The molecule has 26 heavy (non-hydrogen) atoms. The summed E-state index contributed by atoms with van der Waals surface area (Å²) in [5.41, 5.74) is 5.57. The SMILES string of the molecule is Cc1ccc(-c2nc3ccccn3c2N=Nc2ccc(F)cc2)cc1C. The number of pyridine rings is 1. The summed E-state index contributed by atoms with van der Waals surface area (Å²) in [4.78, 5) is 4.73. The van der Waals surface area contributed by atoms with E-state index in [-0.39, 0.29) is 5.82 Å². The van der Waals surface area contributed by atoms with Crippen LogP contribution in [0.4, 0.5) is 15.9 Å². The van der Waals surface area contributed by atoms with Crippen molar-refractivity contribution in [2.45, 2.75) is 13.8 Å². The number of azo groups is 1. The van der Waals surface area contributed by atoms with Gasteiger partial charge in [0.05, 0.1) is 5.69 Å². The van der Waals surface area contributed by atoms with Crippen molar-refractivity contribution in [3.8, 4) is 11.3 Å². The molecule has 4 nitrogen and oxygen atoms in total. The zero-order valence-electron chi connectivity index (χ0n) is 14.5. The first-order valence-electron chi connectivity index (χ1n) is 8.34. The first kappa shape index (κ1) is 16.1. The van der Waals surface area contributed by atoms with Gasteiger partial charge in [-0.2, -0.15) is 0 Å². The second kappa shape index (κ2) is 6.52. The summed E-state index contributed by atoms with van der Waals surface area (Å²) in [6.07, 6.45) is 1.91. The van der Waals surface area contributed by atoms with Gasteiger partial charge in [-0.15, -0.1) is 10.2 Å². The first-order valence-corrected chi connectivity index (χ1v) is 8.34. The van der Waals surface area contributed by atoms with E-state index in [0.717, 1.165) is 16.9 Å². The molecule has 4 rings (SSSR count). The van der Waals surface area contributed by atoms with Gasteiger partial charge in [0.2, 0.25) is 0 Å². The normalized spacial score (nSPS) is 11.5. The van der Waals surface area contributed by atoms with Crippen molar-refractivity contribution < 1.29 is 4.39 Å². The fourth-order valence-corrected chi connectivity index (χ4v) is 2.77. The topological polar surface area (TPSA) is 42.0 Å². The number of hydrogen-bond donors (Lipinski definition) is 0. The summed E-state index contributed by atoms with van der Waals surface area (Å²) < 4.78 is 15.0. The Kier molecular flexibility index (Phi) is 4.05. The Hall–Kier alpha value is -3.34. The third-order valence-corrected chi connectivity index (χ3v) is 4.37. The van der Waals surface area contributed by atoms with E-state index >= 15 is 0 Å². The van der Waals surface area contributed by atoms with Crippen molar-refractivity contribution in [3.63, 3.8) is 0 Å². The largest absolute Gasteiger partial charge is 0.283 e. The molecule has 0 unspecified atom stereocenters. The third-order valence-electron chi connectivity index (χ3n) is 4.37. The van der Waals surface area contributed by atoms with Crippen LogP contribution in [0.2, 0.25) is 0 Å². The number of nitrogens with zero attached hydrogens (tertiary/aromatic N) is 4. The van der Waals surface area contributed by atoms with Gasteiger partial charge >= 0.3 is 0 Å². The fourth-order valence-electron chi connectivity index (χ4n) is 2.77. The number of hydrogen-bond acceptors (Lipinski definition) is 3. The second-order valence-electron chi connectivity index (χ2n) is 6.19. The van der Waals surface area contributed by atoms with Gasteiger partial charge in [0, 0.05) is 11.8 Å². The average molecular weight is 344 g/mol. The standard InChI is InChI=1S/C21H17FN4/c1-14-6-7-16(13-15(14)2)20-21(26-12-4-3-5-19(26)23-20)25-24-18-10-8-17(22)9-11-18/h3-13H,1-2H3. The number of imidazole rings is 1. The lowest BCUT2D eigenvalue weighted by Gasteiger charge is -2.04. The summed E-state index contributed by atoms with van der Waals surface area (Å²) in [5, 5.41) is 8.69. The molecule has 0 aliphatic carbocycles. The molecular formula is C21H17FN4. The molecular weight excluding hydrogens is 327 g/mol. The summed E-state index contributed by atoms with van der Waals surface area (Å²) in [7, 11) is 0. The predicted octanol–water partition coefficient (Wildman–Crippen LogP) is 6.17. The molecule has 0 radical (unpaired) electrons. The Balaban J connectivity index is 1.86. The van der Waals surface area contributed by atoms with Gasteiger partial charge in [-0.1, -0.05) is 18.2 Å². The van der Waals surface area contributed by atoms with E-state index in [1.807, 2.05) is 34.9 Å². The van der Waals surface area contributed by atoms with Crippen LogP contribution >= 0.6 is 0 Å². The molecule has 0 saturated carbocycles. The zero-order valence-corrected chi connectivity index (χ0v) is 14.5. The molecule has 0 aliphatic rings. The van der Waals surface area contributed by atoms with Gasteiger partial charge in [-0.05, 0) is 67.4 Å². The molecule has 5 heteroatoms. The lowest BCUT2D eigenvalue weighted by atomic mass is 10.0. The van der Waals surface area contributed by atoms with E-state index in [0.29, 0.717) is 11.5 Å². The van der Waals surface area contributed by atoms with Gasteiger partial charge in [0.25, 0.3) is 0 Å². The van der Waals surface area contributed by atoms with Gasteiger partial charge in [-0.3, -0.25) is 4.40 Å². The van der Waals surface area contributed by atoms with Gasteiger partial charge in [0.15, 0.2) is 5.82 Å². The summed E-state index contributed by atoms with van der Waals surface area (Å²) in [5.74, 6) is 0.350. The summed E-state index contributed by atoms with van der Waals surface area (Å²) >= 11 is 0. The molecule has 0 amide bonds. The van der Waals surface area contributed by atoms with Crippen molar-refractivity contribution >= 4 is 17.2 Å². The Morgan fingerprint density at radius 3 is 2.46 bits per heavy atom. The Bertz CT molecular complexity index is 1110. The van der Waals surface area contributed by atoms with Crippen LogP contribution < -0.4 is 0 Å². The molecule has 4 aromatic rings. The van der Waals surface area contributed by atoms with E-state index < -0.39 is 0 Å². The predicted molar refractivity (Wildman–Crippen MR) is 101 cm³/mol. The van der Waals surface area contributed by atoms with Crippen molar-refractivity contribution in [1.82, 2.24) is 9.38 Å². The Morgan fingerprint density at radius 1 is 0.885 bits per heavy atom. The van der Waals surface area contributed by atoms with Gasteiger partial charge in [0.1, 0.15) is 17.2 Å². The Morgan fingerprint density at radius 2 is 1.69 bits per heavy atom. The zero-order chi connectivity index (χ0) is 18.1. The lowest BCUT2D eigenvalue weighted by molar-refractivity contribution is 0.628. The number of benzene rings is 2. The van der Waals surface area contributed by atoms with E-state index in [1.165, 1.54) is 23.3 Å². The van der Waals surface area contributed by atoms with Crippen LogP contribution in [-0.4, -0.2) is 9.38 Å².